The highest BCUT2D eigenvalue weighted by Crippen LogP contribution is 2.30. The molecule has 1 aliphatic heterocycles. The van der Waals surface area contributed by atoms with Crippen molar-refractivity contribution in [3.8, 4) is 0 Å². The molecule has 1 amide bonds. The van der Waals surface area contributed by atoms with Gasteiger partial charge in [-0.2, -0.15) is 0 Å². The van der Waals surface area contributed by atoms with Crippen LogP contribution in [-0.2, 0) is 9.53 Å². The normalized spacial score (nSPS) is 22.7. The van der Waals surface area contributed by atoms with Crippen molar-refractivity contribution >= 4 is 22.7 Å². The Hall–Kier alpha value is -2.19. The molecule has 4 rings (SSSR count). The van der Waals surface area contributed by atoms with Gasteiger partial charge in [-0.25, -0.2) is 4.39 Å². The van der Waals surface area contributed by atoms with Gasteiger partial charge in [0, 0.05) is 45.4 Å². The summed E-state index contributed by atoms with van der Waals surface area (Å²) in [6.45, 7) is 6.82. The van der Waals surface area contributed by atoms with Gasteiger partial charge < -0.3 is 19.5 Å². The predicted octanol–water partition coefficient (Wildman–Crippen LogP) is 3.11. The number of rotatable bonds is 7. The topological polar surface area (TPSA) is 70.8 Å². The van der Waals surface area contributed by atoms with Crippen LogP contribution in [0.25, 0.3) is 11.0 Å². The first-order valence-corrected chi connectivity index (χ1v) is 11.3. The van der Waals surface area contributed by atoms with E-state index in [-0.39, 0.29) is 18.3 Å². The number of hydrogen-bond acceptors (Lipinski definition) is 6. The van der Waals surface area contributed by atoms with Gasteiger partial charge in [-0.1, -0.05) is 5.16 Å². The monoisotopic (exact) mass is 432 g/mol. The molecular weight excluding hydrogens is 399 g/mol. The highest BCUT2D eigenvalue weighted by molar-refractivity contribution is 5.89. The van der Waals surface area contributed by atoms with E-state index in [1.54, 1.807) is 14.0 Å². The molecule has 1 aromatic carbocycles. The minimum Gasteiger partial charge on any atom is -0.375 e. The number of nitrogens with one attached hydrogen (secondary N) is 1. The molecule has 2 fully saturated rings. The largest absolute Gasteiger partial charge is 0.375 e. The van der Waals surface area contributed by atoms with Gasteiger partial charge in [0.15, 0.2) is 11.4 Å². The van der Waals surface area contributed by atoms with E-state index in [2.05, 4.69) is 20.3 Å². The number of piperazine rings is 1. The molecule has 0 atom stereocenters. The van der Waals surface area contributed by atoms with E-state index in [0.717, 1.165) is 62.7 Å². The second-order valence-electron chi connectivity index (χ2n) is 8.94. The van der Waals surface area contributed by atoms with Gasteiger partial charge in [-0.15, -0.1) is 0 Å². The summed E-state index contributed by atoms with van der Waals surface area (Å²) < 4.78 is 24.0. The lowest BCUT2D eigenvalue weighted by Crippen LogP contribution is -2.47. The van der Waals surface area contributed by atoms with Gasteiger partial charge in [0.25, 0.3) is 0 Å². The summed E-state index contributed by atoms with van der Waals surface area (Å²) in [6.07, 6.45) is 5.70. The molecule has 2 aromatic rings. The number of amides is 1. The molecule has 1 saturated carbocycles. The van der Waals surface area contributed by atoms with Crippen molar-refractivity contribution in [3.63, 3.8) is 0 Å². The zero-order valence-corrected chi connectivity index (χ0v) is 18.5. The molecule has 170 valence electrons. The second-order valence-corrected chi connectivity index (χ2v) is 8.94. The Morgan fingerprint density at radius 1 is 1.23 bits per heavy atom. The lowest BCUT2D eigenvalue weighted by Gasteiger charge is -2.36. The molecule has 31 heavy (non-hydrogen) atoms. The van der Waals surface area contributed by atoms with Crippen LogP contribution in [0.15, 0.2) is 16.7 Å². The van der Waals surface area contributed by atoms with Crippen LogP contribution in [0, 0.1) is 18.7 Å². The number of anilines is 1. The minimum atomic E-state index is -0.258. The zero-order chi connectivity index (χ0) is 21.8. The van der Waals surface area contributed by atoms with Crippen LogP contribution in [0.1, 0.15) is 37.7 Å². The van der Waals surface area contributed by atoms with E-state index in [9.17, 15) is 9.18 Å². The number of hydrogen-bond donors (Lipinski definition) is 1. The van der Waals surface area contributed by atoms with E-state index in [4.69, 9.17) is 9.26 Å². The Labute approximate surface area is 182 Å². The van der Waals surface area contributed by atoms with Crippen molar-refractivity contribution in [1.29, 1.82) is 0 Å². The SMILES string of the molecule is COCC(=O)N[C@H]1CC[C@H](CCN2CCN(c3noc4cc(F)c(C)cc34)CC2)CC1. The maximum Gasteiger partial charge on any atom is 0.246 e. The maximum absolute atomic E-state index is 13.8. The number of halogens is 1. The average Bonchev–Trinajstić information content (AvgIpc) is 3.16. The third-order valence-corrected chi connectivity index (χ3v) is 6.74. The molecular formula is C23H33FN4O3. The van der Waals surface area contributed by atoms with Crippen molar-refractivity contribution in [2.24, 2.45) is 5.92 Å². The van der Waals surface area contributed by atoms with Crippen molar-refractivity contribution in [2.45, 2.75) is 45.1 Å². The van der Waals surface area contributed by atoms with Crippen LogP contribution in [0.5, 0.6) is 0 Å². The molecule has 7 nitrogen and oxygen atoms in total. The van der Waals surface area contributed by atoms with Gasteiger partial charge in [0.1, 0.15) is 12.4 Å². The van der Waals surface area contributed by atoms with E-state index >= 15 is 0 Å². The summed E-state index contributed by atoms with van der Waals surface area (Å²) >= 11 is 0. The summed E-state index contributed by atoms with van der Waals surface area (Å²) in [5.74, 6) is 1.30. The standard InChI is InChI=1S/C23H33FN4O3/c1-16-13-19-21(14-20(16)24)31-26-23(19)28-11-9-27(10-12-28)8-7-17-3-5-18(6-4-17)25-22(29)15-30-2/h13-14,17-18H,3-12,15H2,1-2H3,(H,25,29)/t17-,18-. The lowest BCUT2D eigenvalue weighted by molar-refractivity contribution is -0.125. The van der Waals surface area contributed by atoms with Crippen molar-refractivity contribution in [1.82, 2.24) is 15.4 Å². The first kappa shape index (κ1) is 22.0. The van der Waals surface area contributed by atoms with Crippen molar-refractivity contribution < 1.29 is 18.4 Å². The van der Waals surface area contributed by atoms with Gasteiger partial charge in [-0.3, -0.25) is 9.69 Å². The lowest BCUT2D eigenvalue weighted by atomic mass is 9.84. The van der Waals surface area contributed by atoms with Gasteiger partial charge >= 0.3 is 0 Å². The van der Waals surface area contributed by atoms with Crippen LogP contribution in [0.4, 0.5) is 10.2 Å². The van der Waals surface area contributed by atoms with Gasteiger partial charge in [-0.05, 0) is 63.1 Å². The molecule has 0 bridgehead atoms. The Bertz CT molecular complexity index is 886. The third-order valence-electron chi connectivity index (χ3n) is 6.74. The molecule has 8 heteroatoms. The van der Waals surface area contributed by atoms with Crippen LogP contribution in [0.2, 0.25) is 0 Å². The van der Waals surface area contributed by atoms with Crippen LogP contribution in [-0.4, -0.2) is 68.4 Å². The molecule has 2 aliphatic rings. The highest BCUT2D eigenvalue weighted by atomic mass is 19.1. The summed E-state index contributed by atoms with van der Waals surface area (Å²) in [6, 6.07) is 3.56. The number of ether oxygens (including phenoxy) is 1. The van der Waals surface area contributed by atoms with Crippen LogP contribution in [0.3, 0.4) is 0 Å². The van der Waals surface area contributed by atoms with Crippen LogP contribution < -0.4 is 10.2 Å². The Balaban J connectivity index is 1.20. The third kappa shape index (κ3) is 5.36. The van der Waals surface area contributed by atoms with E-state index < -0.39 is 0 Å². The van der Waals surface area contributed by atoms with Gasteiger partial charge in [0.2, 0.25) is 5.91 Å². The zero-order valence-electron chi connectivity index (χ0n) is 18.5. The summed E-state index contributed by atoms with van der Waals surface area (Å²) in [7, 11) is 1.55. The number of nitrogens with zero attached hydrogens (tertiary/aromatic N) is 3. The Kier molecular flexibility index (Phi) is 7.07. The van der Waals surface area contributed by atoms with E-state index in [1.165, 1.54) is 25.3 Å². The fourth-order valence-corrected chi connectivity index (χ4v) is 4.83. The summed E-state index contributed by atoms with van der Waals surface area (Å²) in [5, 5.41) is 8.17. The summed E-state index contributed by atoms with van der Waals surface area (Å²) in [5.41, 5.74) is 1.12. The minimum absolute atomic E-state index is 0.0102. The molecule has 1 N–H and O–H groups in total. The average molecular weight is 433 g/mol. The number of carbonyl (C=O) groups excluding carboxylic acids is 1. The predicted molar refractivity (Wildman–Crippen MR) is 118 cm³/mol. The molecule has 0 unspecified atom stereocenters. The Morgan fingerprint density at radius 2 is 1.97 bits per heavy atom. The first-order chi connectivity index (χ1) is 15.0. The molecule has 1 aromatic heterocycles. The highest BCUT2D eigenvalue weighted by Gasteiger charge is 2.25. The van der Waals surface area contributed by atoms with E-state index in [1.807, 2.05) is 6.07 Å². The maximum atomic E-state index is 13.8. The first-order valence-electron chi connectivity index (χ1n) is 11.3. The number of benzene rings is 1. The van der Waals surface area contributed by atoms with Gasteiger partial charge in [0.05, 0.1) is 5.39 Å². The summed E-state index contributed by atoms with van der Waals surface area (Å²) in [4.78, 5) is 16.4. The molecule has 0 radical (unpaired) electrons. The molecule has 1 aliphatic carbocycles. The number of fused-ring (bicyclic) bond motifs is 1. The van der Waals surface area contributed by atoms with E-state index in [0.29, 0.717) is 17.2 Å². The van der Waals surface area contributed by atoms with Crippen molar-refractivity contribution in [2.75, 3.05) is 51.3 Å². The second kappa shape index (κ2) is 9.96. The number of carbonyl (C=O) groups is 1. The number of aryl methyl sites for hydroxylation is 1. The Morgan fingerprint density at radius 3 is 2.68 bits per heavy atom. The smallest absolute Gasteiger partial charge is 0.246 e. The van der Waals surface area contributed by atoms with Crippen LogP contribution >= 0.6 is 0 Å². The molecule has 0 spiro atoms. The molecule has 2 heterocycles. The fourth-order valence-electron chi connectivity index (χ4n) is 4.83. The number of methoxy groups -OCH3 is 1. The van der Waals surface area contributed by atoms with Crippen molar-refractivity contribution in [3.05, 3.63) is 23.5 Å². The molecule has 1 saturated heterocycles. The fraction of sp³-hybridized carbons (Fsp3) is 0.652. The quantitative estimate of drug-likeness (QED) is 0.725. The number of aromatic nitrogens is 1.